The first-order valence-electron chi connectivity index (χ1n) is 14.0. The summed E-state index contributed by atoms with van der Waals surface area (Å²) in [6.07, 6.45) is 1.73. The van der Waals surface area contributed by atoms with Crippen molar-refractivity contribution in [2.24, 2.45) is 0 Å². The summed E-state index contributed by atoms with van der Waals surface area (Å²) in [5, 5.41) is 14.8. The largest absolute Gasteiger partial charge is 0.464 e. The number of hydrogen-bond donors (Lipinski definition) is 1. The van der Waals surface area contributed by atoms with Crippen molar-refractivity contribution in [1.29, 1.82) is 0 Å². The van der Waals surface area contributed by atoms with Gasteiger partial charge < -0.3 is 15.0 Å². The summed E-state index contributed by atoms with van der Waals surface area (Å²) in [6.45, 7) is 2.31. The van der Waals surface area contributed by atoms with Crippen molar-refractivity contribution in [3.63, 3.8) is 0 Å². The van der Waals surface area contributed by atoms with Crippen LogP contribution in [0.25, 0.3) is 16.9 Å². The average Bonchev–Trinajstić information content (AvgIpc) is 3.64. The van der Waals surface area contributed by atoms with Gasteiger partial charge in [0.05, 0.1) is 7.11 Å². The first kappa shape index (κ1) is 27.8. The Morgan fingerprint density at radius 1 is 0.976 bits per heavy atom. The molecule has 1 atom stereocenters. The van der Waals surface area contributed by atoms with Crippen LogP contribution in [0.15, 0.2) is 54.6 Å². The molecule has 12 heteroatoms. The first-order valence-corrected chi connectivity index (χ1v) is 14.0. The lowest BCUT2D eigenvalue weighted by Gasteiger charge is -2.25. The summed E-state index contributed by atoms with van der Waals surface area (Å²) in [5.74, 6) is -2.27. The number of nitrogens with zero attached hydrogens (tertiary/aromatic N) is 6. The van der Waals surface area contributed by atoms with Gasteiger partial charge in [0.2, 0.25) is 5.95 Å². The van der Waals surface area contributed by atoms with Gasteiger partial charge in [-0.15, -0.1) is 15.3 Å². The van der Waals surface area contributed by atoms with E-state index in [1.807, 2.05) is 18.2 Å². The van der Waals surface area contributed by atoms with E-state index in [1.54, 1.807) is 30.3 Å². The van der Waals surface area contributed by atoms with Gasteiger partial charge in [0.1, 0.15) is 0 Å². The molecule has 0 radical (unpaired) electrons. The second-order valence-electron chi connectivity index (χ2n) is 10.6. The Morgan fingerprint density at radius 3 is 2.43 bits per heavy atom. The van der Waals surface area contributed by atoms with Crippen LogP contribution in [0.5, 0.6) is 0 Å². The SMILES string of the molecule is COC(=O)c1nnc(-n2nc(C(F)(F)F)nc2Nc2ccc3c(c2)CCC(N2CCCC2)CC3)cc1-c1ccccc1. The molecule has 0 amide bonds. The van der Waals surface area contributed by atoms with Crippen molar-refractivity contribution in [3.8, 4) is 16.9 Å². The zero-order chi connectivity index (χ0) is 29.3. The Kier molecular flexibility index (Phi) is 7.63. The maximum Gasteiger partial charge on any atom is 0.453 e. The molecule has 3 heterocycles. The molecule has 6 rings (SSSR count). The van der Waals surface area contributed by atoms with Gasteiger partial charge in [-0.2, -0.15) is 22.8 Å². The number of nitrogens with one attached hydrogen (secondary N) is 1. The smallest absolute Gasteiger partial charge is 0.453 e. The fourth-order valence-electron chi connectivity index (χ4n) is 5.81. The van der Waals surface area contributed by atoms with E-state index in [9.17, 15) is 18.0 Å². The van der Waals surface area contributed by atoms with Crippen LogP contribution in [0.3, 0.4) is 0 Å². The Morgan fingerprint density at radius 2 is 1.71 bits per heavy atom. The number of rotatable bonds is 6. The van der Waals surface area contributed by atoms with Crippen LogP contribution >= 0.6 is 0 Å². The minimum absolute atomic E-state index is 0.0461. The Labute approximate surface area is 240 Å². The first-order chi connectivity index (χ1) is 20.3. The van der Waals surface area contributed by atoms with Crippen LogP contribution < -0.4 is 5.32 Å². The summed E-state index contributed by atoms with van der Waals surface area (Å²) < 4.78 is 47.1. The molecule has 4 aromatic rings. The van der Waals surface area contributed by atoms with Crippen molar-refractivity contribution < 1.29 is 22.7 Å². The molecular weight excluding hydrogens is 547 g/mol. The van der Waals surface area contributed by atoms with Crippen LogP contribution in [0.4, 0.5) is 24.8 Å². The molecule has 1 saturated heterocycles. The molecule has 1 N–H and O–H groups in total. The summed E-state index contributed by atoms with van der Waals surface area (Å²) in [7, 11) is 1.22. The standard InChI is InChI=1S/C30H30F3N7O2/c1-42-27(41)26-24(20-7-3-2-4-8-20)18-25(36-37-26)40-29(35-28(38-40)30(31,32)33)34-22-12-9-19-10-13-23(14-11-21(19)17-22)39-15-5-6-16-39/h2-4,7-9,12,17-18,23H,5-6,10-11,13-16H2,1H3,(H,34,35,38). The van der Waals surface area contributed by atoms with E-state index in [1.165, 1.54) is 37.1 Å². The molecule has 218 valence electrons. The Bertz CT molecular complexity index is 1580. The number of hydrogen-bond acceptors (Lipinski definition) is 8. The predicted molar refractivity (Wildman–Crippen MR) is 150 cm³/mol. The molecule has 1 aliphatic carbocycles. The van der Waals surface area contributed by atoms with Gasteiger partial charge in [0, 0.05) is 17.3 Å². The van der Waals surface area contributed by atoms with Crippen molar-refractivity contribution in [2.45, 2.75) is 50.7 Å². The minimum Gasteiger partial charge on any atom is -0.464 e. The minimum atomic E-state index is -4.79. The lowest BCUT2D eigenvalue weighted by atomic mass is 10.0. The molecule has 2 aromatic heterocycles. The lowest BCUT2D eigenvalue weighted by Crippen LogP contribution is -2.32. The van der Waals surface area contributed by atoms with Crippen LogP contribution in [0.2, 0.25) is 0 Å². The Balaban J connectivity index is 1.34. The summed E-state index contributed by atoms with van der Waals surface area (Å²) >= 11 is 0. The highest BCUT2D eigenvalue weighted by molar-refractivity contribution is 5.95. The number of aromatic nitrogens is 5. The zero-order valence-electron chi connectivity index (χ0n) is 23.1. The van der Waals surface area contributed by atoms with Crippen LogP contribution in [0.1, 0.15) is 53.1 Å². The maximum atomic E-state index is 13.8. The number of carbonyl (C=O) groups is 1. The summed E-state index contributed by atoms with van der Waals surface area (Å²) in [4.78, 5) is 18.8. The number of esters is 1. The summed E-state index contributed by atoms with van der Waals surface area (Å²) in [6, 6.07) is 16.7. The van der Waals surface area contributed by atoms with E-state index in [0.29, 0.717) is 22.9 Å². The number of anilines is 2. The zero-order valence-corrected chi connectivity index (χ0v) is 23.1. The molecule has 9 nitrogen and oxygen atoms in total. The molecule has 0 bridgehead atoms. The number of halogens is 3. The monoisotopic (exact) mass is 577 g/mol. The molecule has 1 fully saturated rings. The highest BCUT2D eigenvalue weighted by atomic mass is 19.4. The van der Waals surface area contributed by atoms with Gasteiger partial charge in [-0.05, 0) is 86.5 Å². The van der Waals surface area contributed by atoms with Crippen molar-refractivity contribution >= 4 is 17.6 Å². The molecule has 0 spiro atoms. The van der Waals surface area contributed by atoms with E-state index < -0.39 is 18.0 Å². The molecule has 42 heavy (non-hydrogen) atoms. The Hall–Kier alpha value is -4.32. The topological polar surface area (TPSA) is 98.1 Å². The number of alkyl halides is 3. The molecule has 2 aromatic carbocycles. The van der Waals surface area contributed by atoms with E-state index >= 15 is 0 Å². The maximum absolute atomic E-state index is 13.8. The third-order valence-electron chi connectivity index (χ3n) is 7.94. The number of benzene rings is 2. The van der Waals surface area contributed by atoms with Crippen LogP contribution in [-0.4, -0.2) is 62.1 Å². The van der Waals surface area contributed by atoms with E-state index in [-0.39, 0.29) is 17.5 Å². The molecule has 0 saturated carbocycles. The van der Waals surface area contributed by atoms with Crippen molar-refractivity contribution in [3.05, 3.63) is 77.2 Å². The van der Waals surface area contributed by atoms with Crippen LogP contribution in [-0.2, 0) is 23.8 Å². The fourth-order valence-corrected chi connectivity index (χ4v) is 5.81. The molecule has 1 aliphatic heterocycles. The lowest BCUT2D eigenvalue weighted by molar-refractivity contribution is -0.144. The predicted octanol–water partition coefficient (Wildman–Crippen LogP) is 5.62. The molecule has 1 unspecified atom stereocenters. The second-order valence-corrected chi connectivity index (χ2v) is 10.6. The second kappa shape index (κ2) is 11.5. The van der Waals surface area contributed by atoms with Gasteiger partial charge in [0.15, 0.2) is 11.5 Å². The highest BCUT2D eigenvalue weighted by Gasteiger charge is 2.38. The highest BCUT2D eigenvalue weighted by Crippen LogP contribution is 2.32. The van der Waals surface area contributed by atoms with Gasteiger partial charge >= 0.3 is 12.1 Å². The quantitative estimate of drug-likeness (QED) is 0.233. The van der Waals surface area contributed by atoms with E-state index in [2.05, 4.69) is 30.5 Å². The molecular formula is C30H30F3N7O2. The van der Waals surface area contributed by atoms with Crippen LogP contribution in [0, 0.1) is 0 Å². The number of methoxy groups -OCH3 is 1. The molecule has 2 aliphatic rings. The normalized spacial score (nSPS) is 17.5. The van der Waals surface area contributed by atoms with Crippen molar-refractivity contribution in [1.82, 2.24) is 29.9 Å². The third kappa shape index (κ3) is 5.71. The van der Waals surface area contributed by atoms with Gasteiger partial charge in [-0.25, -0.2) is 4.79 Å². The van der Waals surface area contributed by atoms with E-state index in [0.717, 1.165) is 43.5 Å². The number of ether oxygens (including phenoxy) is 1. The van der Waals surface area contributed by atoms with E-state index in [4.69, 9.17) is 4.74 Å². The number of likely N-dealkylation sites (tertiary alicyclic amines) is 1. The van der Waals surface area contributed by atoms with Crippen molar-refractivity contribution in [2.75, 3.05) is 25.5 Å². The number of carbonyl (C=O) groups excluding carboxylic acids is 1. The van der Waals surface area contributed by atoms with Gasteiger partial charge in [0.25, 0.3) is 5.82 Å². The van der Waals surface area contributed by atoms with Gasteiger partial charge in [-0.1, -0.05) is 36.4 Å². The van der Waals surface area contributed by atoms with Gasteiger partial charge in [-0.3, -0.25) is 0 Å². The number of aryl methyl sites for hydroxylation is 2. The summed E-state index contributed by atoms with van der Waals surface area (Å²) in [5.41, 5.74) is 3.90. The third-order valence-corrected chi connectivity index (χ3v) is 7.94. The fraction of sp³-hybridized carbons (Fsp3) is 0.367. The number of fused-ring (bicyclic) bond motifs is 1. The average molecular weight is 578 g/mol.